The predicted octanol–water partition coefficient (Wildman–Crippen LogP) is 3.03. The van der Waals surface area contributed by atoms with Crippen LogP contribution < -0.4 is 10.6 Å². The fourth-order valence-electron chi connectivity index (χ4n) is 2.21. The lowest BCUT2D eigenvalue weighted by Crippen LogP contribution is -2.30. The van der Waals surface area contributed by atoms with E-state index in [4.69, 9.17) is 4.74 Å². The number of benzene rings is 2. The molecule has 2 amide bonds. The van der Waals surface area contributed by atoms with E-state index in [9.17, 15) is 19.2 Å². The Morgan fingerprint density at radius 2 is 1.26 bits per heavy atom. The lowest BCUT2D eigenvalue weighted by atomic mass is 10.1. The molecule has 0 aliphatic carbocycles. The Balaban J connectivity index is 1.93. The zero-order valence-electron chi connectivity index (χ0n) is 15.2. The number of carbonyl (C=O) groups is 4. The number of ketones is 1. The van der Waals surface area contributed by atoms with Crippen LogP contribution in [0.25, 0.3) is 0 Å². The molecule has 0 aromatic heterocycles. The highest BCUT2D eigenvalue weighted by molar-refractivity contribution is 5.98. The summed E-state index contributed by atoms with van der Waals surface area (Å²) in [4.78, 5) is 46.6. The van der Waals surface area contributed by atoms with Gasteiger partial charge in [0.15, 0.2) is 11.9 Å². The summed E-state index contributed by atoms with van der Waals surface area (Å²) in [6, 6.07) is 12.5. The van der Waals surface area contributed by atoms with Gasteiger partial charge in [0.05, 0.1) is 5.56 Å². The first-order valence-corrected chi connectivity index (χ1v) is 8.27. The zero-order valence-corrected chi connectivity index (χ0v) is 15.2. The second kappa shape index (κ2) is 8.75. The molecule has 0 saturated heterocycles. The van der Waals surface area contributed by atoms with E-state index in [0.717, 1.165) is 0 Å². The van der Waals surface area contributed by atoms with Gasteiger partial charge in [0, 0.05) is 23.9 Å². The fraction of sp³-hybridized carbons (Fsp3) is 0.200. The summed E-state index contributed by atoms with van der Waals surface area (Å²) in [6.07, 6.45) is -1.01. The topological polar surface area (TPSA) is 102 Å². The second-order valence-electron chi connectivity index (χ2n) is 5.93. The maximum absolute atomic E-state index is 12.2. The van der Waals surface area contributed by atoms with Gasteiger partial charge < -0.3 is 15.4 Å². The Kier molecular flexibility index (Phi) is 6.43. The minimum Gasteiger partial charge on any atom is -0.449 e. The number of hydrogen-bond donors (Lipinski definition) is 2. The van der Waals surface area contributed by atoms with Gasteiger partial charge in [-0.15, -0.1) is 0 Å². The van der Waals surface area contributed by atoms with Crippen molar-refractivity contribution in [2.24, 2.45) is 0 Å². The van der Waals surface area contributed by atoms with E-state index in [2.05, 4.69) is 10.6 Å². The number of nitrogens with one attached hydrogen (secondary N) is 2. The lowest BCUT2D eigenvalue weighted by Gasteiger charge is -2.14. The maximum Gasteiger partial charge on any atom is 0.338 e. The fourth-order valence-corrected chi connectivity index (χ4v) is 2.21. The first kappa shape index (κ1) is 19.8. The van der Waals surface area contributed by atoms with Gasteiger partial charge in [-0.1, -0.05) is 0 Å². The Hall–Kier alpha value is -3.48. The molecule has 0 heterocycles. The number of Topliss-reactive ketones (excluding diaryl/α,β-unsaturated/α-hetero) is 1. The van der Waals surface area contributed by atoms with Gasteiger partial charge in [-0.05, 0) is 62.4 Å². The monoisotopic (exact) mass is 368 g/mol. The van der Waals surface area contributed by atoms with Crippen molar-refractivity contribution in [2.45, 2.75) is 26.9 Å². The number of amides is 2. The SMILES string of the molecule is CC(=O)Nc1ccc(C(=O)OC(C)C(=O)Nc2ccc(C(C)=O)cc2)cc1. The van der Waals surface area contributed by atoms with E-state index in [1.54, 1.807) is 36.4 Å². The average Bonchev–Trinajstić information content (AvgIpc) is 2.62. The predicted molar refractivity (Wildman–Crippen MR) is 101 cm³/mol. The van der Waals surface area contributed by atoms with Crippen molar-refractivity contribution in [3.63, 3.8) is 0 Å². The molecule has 0 aliphatic heterocycles. The number of anilines is 2. The van der Waals surface area contributed by atoms with Crippen LogP contribution in [0.2, 0.25) is 0 Å². The number of rotatable bonds is 6. The zero-order chi connectivity index (χ0) is 20.0. The van der Waals surface area contributed by atoms with E-state index >= 15 is 0 Å². The van der Waals surface area contributed by atoms with Gasteiger partial charge in [0.1, 0.15) is 0 Å². The summed E-state index contributed by atoms with van der Waals surface area (Å²) in [5.74, 6) is -1.43. The molecule has 27 heavy (non-hydrogen) atoms. The van der Waals surface area contributed by atoms with Crippen molar-refractivity contribution in [3.05, 3.63) is 59.7 Å². The quantitative estimate of drug-likeness (QED) is 0.603. The van der Waals surface area contributed by atoms with Crippen LogP contribution >= 0.6 is 0 Å². The molecule has 2 N–H and O–H groups in total. The van der Waals surface area contributed by atoms with Crippen LogP contribution in [0.4, 0.5) is 11.4 Å². The molecule has 0 radical (unpaired) electrons. The highest BCUT2D eigenvalue weighted by Crippen LogP contribution is 2.13. The van der Waals surface area contributed by atoms with Gasteiger partial charge >= 0.3 is 5.97 Å². The minimum absolute atomic E-state index is 0.0697. The Morgan fingerprint density at radius 1 is 0.778 bits per heavy atom. The molecular weight excluding hydrogens is 348 g/mol. The van der Waals surface area contributed by atoms with Crippen molar-refractivity contribution < 1.29 is 23.9 Å². The summed E-state index contributed by atoms with van der Waals surface area (Å²) in [5, 5.41) is 5.21. The van der Waals surface area contributed by atoms with Crippen LogP contribution in [0.15, 0.2) is 48.5 Å². The van der Waals surface area contributed by atoms with Gasteiger partial charge in [-0.3, -0.25) is 14.4 Å². The Bertz CT molecular complexity index is 857. The standard InChI is InChI=1S/C20H20N2O5/c1-12(23)15-4-8-18(9-5-15)22-19(25)13(2)27-20(26)16-6-10-17(11-7-16)21-14(3)24/h4-11,13H,1-3H3,(H,21,24)(H,22,25). The van der Waals surface area contributed by atoms with Gasteiger partial charge in [-0.25, -0.2) is 4.79 Å². The molecule has 0 fully saturated rings. The Labute approximate surface area is 156 Å². The van der Waals surface area contributed by atoms with Crippen molar-refractivity contribution in [1.29, 1.82) is 0 Å². The third kappa shape index (κ3) is 5.78. The largest absolute Gasteiger partial charge is 0.449 e. The van der Waals surface area contributed by atoms with Crippen LogP contribution in [-0.2, 0) is 14.3 Å². The van der Waals surface area contributed by atoms with E-state index in [1.807, 2.05) is 0 Å². The molecule has 7 heteroatoms. The highest BCUT2D eigenvalue weighted by Gasteiger charge is 2.19. The van der Waals surface area contributed by atoms with E-state index < -0.39 is 18.0 Å². The van der Waals surface area contributed by atoms with Gasteiger partial charge in [0.2, 0.25) is 5.91 Å². The summed E-state index contributed by atoms with van der Waals surface area (Å²) in [7, 11) is 0. The molecule has 2 rings (SSSR count). The number of hydrogen-bond acceptors (Lipinski definition) is 5. The summed E-state index contributed by atoms with van der Waals surface area (Å²) < 4.78 is 5.16. The highest BCUT2D eigenvalue weighted by atomic mass is 16.5. The summed E-state index contributed by atoms with van der Waals surface area (Å²) >= 11 is 0. The van der Waals surface area contributed by atoms with E-state index in [0.29, 0.717) is 16.9 Å². The minimum atomic E-state index is -1.01. The van der Waals surface area contributed by atoms with E-state index in [-0.39, 0.29) is 17.3 Å². The van der Waals surface area contributed by atoms with Crippen molar-refractivity contribution in [3.8, 4) is 0 Å². The third-order valence-corrected chi connectivity index (χ3v) is 3.65. The molecule has 7 nitrogen and oxygen atoms in total. The number of carbonyl (C=O) groups excluding carboxylic acids is 4. The molecular formula is C20H20N2O5. The molecule has 0 aliphatic rings. The van der Waals surface area contributed by atoms with Crippen LogP contribution in [0.1, 0.15) is 41.5 Å². The molecule has 0 bridgehead atoms. The van der Waals surface area contributed by atoms with Crippen molar-refractivity contribution in [1.82, 2.24) is 0 Å². The lowest BCUT2D eigenvalue weighted by molar-refractivity contribution is -0.123. The van der Waals surface area contributed by atoms with E-state index in [1.165, 1.54) is 32.9 Å². The molecule has 2 aromatic rings. The number of ether oxygens (including phenoxy) is 1. The van der Waals surface area contributed by atoms with Crippen molar-refractivity contribution in [2.75, 3.05) is 10.6 Å². The van der Waals surface area contributed by atoms with Crippen LogP contribution in [-0.4, -0.2) is 29.7 Å². The molecule has 140 valence electrons. The summed E-state index contributed by atoms with van der Waals surface area (Å²) in [5.41, 5.74) is 1.84. The first-order valence-electron chi connectivity index (χ1n) is 8.27. The first-order chi connectivity index (χ1) is 12.8. The Morgan fingerprint density at radius 3 is 1.74 bits per heavy atom. The van der Waals surface area contributed by atoms with Gasteiger partial charge in [0.25, 0.3) is 5.91 Å². The second-order valence-corrected chi connectivity index (χ2v) is 5.93. The summed E-state index contributed by atoms with van der Waals surface area (Å²) in [6.45, 7) is 4.30. The van der Waals surface area contributed by atoms with Gasteiger partial charge in [-0.2, -0.15) is 0 Å². The van der Waals surface area contributed by atoms with Crippen LogP contribution in [0.5, 0.6) is 0 Å². The molecule has 0 saturated carbocycles. The average molecular weight is 368 g/mol. The third-order valence-electron chi connectivity index (χ3n) is 3.65. The smallest absolute Gasteiger partial charge is 0.338 e. The number of esters is 1. The molecule has 2 aromatic carbocycles. The van der Waals surface area contributed by atoms with Crippen LogP contribution in [0.3, 0.4) is 0 Å². The molecule has 0 spiro atoms. The molecule has 1 unspecified atom stereocenters. The molecule has 1 atom stereocenters. The van der Waals surface area contributed by atoms with Crippen LogP contribution in [0, 0.1) is 0 Å². The van der Waals surface area contributed by atoms with Crippen molar-refractivity contribution >= 4 is 34.9 Å². The maximum atomic E-state index is 12.2. The normalized spacial score (nSPS) is 11.2.